The monoisotopic (exact) mass is 288 g/mol. The molecule has 86 valence electrons. The number of halogens is 1. The number of hydrogen-bond acceptors (Lipinski definition) is 2. The van der Waals surface area contributed by atoms with Crippen LogP contribution in [0.3, 0.4) is 0 Å². The van der Waals surface area contributed by atoms with Crippen molar-refractivity contribution in [1.82, 2.24) is 0 Å². The molecule has 1 heterocycles. The van der Waals surface area contributed by atoms with Crippen molar-refractivity contribution in [3.63, 3.8) is 0 Å². The highest BCUT2D eigenvalue weighted by molar-refractivity contribution is 9.10. The average Bonchev–Trinajstić information content (AvgIpc) is 2.36. The first-order valence-corrected chi connectivity index (χ1v) is 6.34. The molecule has 0 saturated carbocycles. The fraction of sp³-hybridized carbons (Fsp3) is 0.143. The van der Waals surface area contributed by atoms with Crippen LogP contribution < -0.4 is 9.80 Å². The number of fused-ring (bicyclic) bond motifs is 2. The quantitative estimate of drug-likeness (QED) is 0.713. The maximum Gasteiger partial charge on any atom is 0.0661 e. The van der Waals surface area contributed by atoms with Gasteiger partial charge in [0.05, 0.1) is 22.7 Å². The van der Waals surface area contributed by atoms with Crippen molar-refractivity contribution >= 4 is 38.7 Å². The first kappa shape index (κ1) is 10.7. The van der Waals surface area contributed by atoms with Crippen LogP contribution >= 0.6 is 15.9 Å². The Bertz CT molecular complexity index is 580. The van der Waals surface area contributed by atoms with E-state index in [-0.39, 0.29) is 0 Å². The van der Waals surface area contributed by atoms with Gasteiger partial charge in [0, 0.05) is 18.6 Å². The van der Waals surface area contributed by atoms with E-state index in [1.165, 1.54) is 22.7 Å². The average molecular weight is 289 g/mol. The van der Waals surface area contributed by atoms with Crippen LogP contribution in [0.4, 0.5) is 22.7 Å². The molecule has 0 amide bonds. The lowest BCUT2D eigenvalue weighted by atomic mass is 10.1. The van der Waals surface area contributed by atoms with E-state index < -0.39 is 0 Å². The maximum absolute atomic E-state index is 3.53. The summed E-state index contributed by atoms with van der Waals surface area (Å²) in [5.41, 5.74) is 4.93. The molecule has 0 radical (unpaired) electrons. The molecule has 0 aromatic heterocycles. The van der Waals surface area contributed by atoms with Gasteiger partial charge in [0.15, 0.2) is 0 Å². The Balaban J connectivity index is 2.25. The van der Waals surface area contributed by atoms with Gasteiger partial charge in [-0.2, -0.15) is 0 Å². The molecular formula is C14H13BrN2. The normalized spacial score (nSPS) is 13.4. The van der Waals surface area contributed by atoms with Crippen molar-refractivity contribution in [3.05, 3.63) is 46.9 Å². The van der Waals surface area contributed by atoms with E-state index in [2.05, 4.69) is 82.3 Å². The van der Waals surface area contributed by atoms with E-state index in [1.54, 1.807) is 0 Å². The van der Waals surface area contributed by atoms with Crippen LogP contribution in [0.15, 0.2) is 46.9 Å². The lowest BCUT2D eigenvalue weighted by Crippen LogP contribution is -2.24. The van der Waals surface area contributed by atoms with Crippen molar-refractivity contribution in [1.29, 1.82) is 0 Å². The molecule has 3 heteroatoms. The van der Waals surface area contributed by atoms with E-state index in [4.69, 9.17) is 0 Å². The number of anilines is 4. The summed E-state index contributed by atoms with van der Waals surface area (Å²) in [4.78, 5) is 4.46. The Morgan fingerprint density at radius 3 is 1.94 bits per heavy atom. The molecule has 0 atom stereocenters. The topological polar surface area (TPSA) is 6.48 Å². The summed E-state index contributed by atoms with van der Waals surface area (Å²) in [5, 5.41) is 0. The van der Waals surface area contributed by atoms with Gasteiger partial charge in [0.25, 0.3) is 0 Å². The molecule has 0 N–H and O–H groups in total. The molecule has 17 heavy (non-hydrogen) atoms. The molecule has 0 saturated heterocycles. The smallest absolute Gasteiger partial charge is 0.0661 e. The first-order valence-electron chi connectivity index (χ1n) is 5.54. The number of benzene rings is 2. The van der Waals surface area contributed by atoms with E-state index in [9.17, 15) is 0 Å². The minimum Gasteiger partial charge on any atom is -0.341 e. The number of nitrogens with zero attached hydrogens (tertiary/aromatic N) is 2. The SMILES string of the molecule is CN1c2ccccc2N(C)c2cc(Br)ccc21. The minimum atomic E-state index is 1.11. The second-order valence-electron chi connectivity index (χ2n) is 4.24. The Kier molecular flexibility index (Phi) is 2.37. The van der Waals surface area contributed by atoms with Crippen LogP contribution in [0.2, 0.25) is 0 Å². The molecule has 2 nitrogen and oxygen atoms in total. The predicted molar refractivity (Wildman–Crippen MR) is 76.7 cm³/mol. The van der Waals surface area contributed by atoms with Crippen LogP contribution in [-0.4, -0.2) is 14.1 Å². The van der Waals surface area contributed by atoms with Crippen LogP contribution in [0.5, 0.6) is 0 Å². The lowest BCUT2D eigenvalue weighted by molar-refractivity contribution is 1.09. The van der Waals surface area contributed by atoms with Gasteiger partial charge in [-0.25, -0.2) is 0 Å². The summed E-state index contributed by atoms with van der Waals surface area (Å²) in [7, 11) is 4.22. The molecule has 0 aliphatic carbocycles. The zero-order valence-electron chi connectivity index (χ0n) is 9.81. The zero-order chi connectivity index (χ0) is 12.0. The van der Waals surface area contributed by atoms with Gasteiger partial charge >= 0.3 is 0 Å². The zero-order valence-corrected chi connectivity index (χ0v) is 11.4. The number of rotatable bonds is 0. The van der Waals surface area contributed by atoms with Gasteiger partial charge in [-0.05, 0) is 30.3 Å². The summed E-state index contributed by atoms with van der Waals surface area (Å²) in [6, 6.07) is 14.8. The molecule has 1 aliphatic rings. The summed E-state index contributed by atoms with van der Waals surface area (Å²) in [6.07, 6.45) is 0. The van der Waals surface area contributed by atoms with Crippen LogP contribution in [-0.2, 0) is 0 Å². The van der Waals surface area contributed by atoms with Crippen LogP contribution in [0.25, 0.3) is 0 Å². The Labute approximate surface area is 110 Å². The highest BCUT2D eigenvalue weighted by atomic mass is 79.9. The number of para-hydroxylation sites is 2. The van der Waals surface area contributed by atoms with Gasteiger partial charge in [0.2, 0.25) is 0 Å². The van der Waals surface area contributed by atoms with Gasteiger partial charge in [-0.3, -0.25) is 0 Å². The molecular weight excluding hydrogens is 276 g/mol. The van der Waals surface area contributed by atoms with Gasteiger partial charge < -0.3 is 9.80 Å². The standard InChI is InChI=1S/C14H13BrN2/c1-16-11-5-3-4-6-12(11)17(2)14-9-10(15)7-8-13(14)16/h3-9H,1-2H3. The van der Waals surface area contributed by atoms with Gasteiger partial charge in [-0.1, -0.05) is 28.1 Å². The molecule has 0 bridgehead atoms. The van der Waals surface area contributed by atoms with Crippen molar-refractivity contribution in [2.75, 3.05) is 23.9 Å². The molecule has 1 aliphatic heterocycles. The van der Waals surface area contributed by atoms with E-state index in [1.807, 2.05) is 0 Å². The molecule has 0 fully saturated rings. The molecule has 0 spiro atoms. The Morgan fingerprint density at radius 2 is 1.29 bits per heavy atom. The summed E-state index contributed by atoms with van der Waals surface area (Å²) < 4.78 is 1.11. The largest absolute Gasteiger partial charge is 0.341 e. The fourth-order valence-electron chi connectivity index (χ4n) is 2.34. The minimum absolute atomic E-state index is 1.11. The predicted octanol–water partition coefficient (Wildman–Crippen LogP) is 4.30. The van der Waals surface area contributed by atoms with Gasteiger partial charge in [0.1, 0.15) is 0 Å². The van der Waals surface area contributed by atoms with Crippen molar-refractivity contribution < 1.29 is 0 Å². The fourth-order valence-corrected chi connectivity index (χ4v) is 2.69. The molecule has 2 aromatic rings. The highest BCUT2D eigenvalue weighted by Gasteiger charge is 2.23. The maximum atomic E-state index is 3.53. The summed E-state index contributed by atoms with van der Waals surface area (Å²) >= 11 is 3.53. The molecule has 0 unspecified atom stereocenters. The van der Waals surface area contributed by atoms with Crippen molar-refractivity contribution in [2.45, 2.75) is 0 Å². The third-order valence-electron chi connectivity index (χ3n) is 3.26. The molecule has 3 rings (SSSR count). The van der Waals surface area contributed by atoms with E-state index in [0.29, 0.717) is 0 Å². The van der Waals surface area contributed by atoms with E-state index >= 15 is 0 Å². The lowest BCUT2D eigenvalue weighted by Gasteiger charge is -2.36. The van der Waals surface area contributed by atoms with Crippen molar-refractivity contribution in [3.8, 4) is 0 Å². The van der Waals surface area contributed by atoms with Gasteiger partial charge in [-0.15, -0.1) is 0 Å². The molecule has 2 aromatic carbocycles. The third kappa shape index (κ3) is 1.53. The first-order chi connectivity index (χ1) is 8.18. The third-order valence-corrected chi connectivity index (χ3v) is 3.76. The highest BCUT2D eigenvalue weighted by Crippen LogP contribution is 2.46. The Morgan fingerprint density at radius 1 is 0.765 bits per heavy atom. The van der Waals surface area contributed by atoms with Crippen LogP contribution in [0.1, 0.15) is 0 Å². The number of hydrogen-bond donors (Lipinski definition) is 0. The van der Waals surface area contributed by atoms with Crippen molar-refractivity contribution in [2.24, 2.45) is 0 Å². The second kappa shape index (κ2) is 3.77. The summed E-state index contributed by atoms with van der Waals surface area (Å²) in [5.74, 6) is 0. The van der Waals surface area contributed by atoms with Crippen LogP contribution in [0, 0.1) is 0 Å². The summed E-state index contributed by atoms with van der Waals surface area (Å²) in [6.45, 7) is 0. The Hall–Kier alpha value is -1.48. The second-order valence-corrected chi connectivity index (χ2v) is 5.16. The van der Waals surface area contributed by atoms with E-state index in [0.717, 1.165) is 4.47 Å².